The average Bonchev–Trinajstić information content (AvgIpc) is 2.49. The molecule has 0 aliphatic rings. The summed E-state index contributed by atoms with van der Waals surface area (Å²) in [5, 5.41) is 0.737. The Morgan fingerprint density at radius 1 is 1.14 bits per heavy atom. The first-order valence-electron chi connectivity index (χ1n) is 7.16. The minimum Gasteiger partial charge on any atom is -0.341 e. The molecule has 0 radical (unpaired) electrons. The van der Waals surface area contributed by atoms with E-state index in [2.05, 4.69) is 31.2 Å². The summed E-state index contributed by atoms with van der Waals surface area (Å²) in [7, 11) is 1.85. The predicted octanol–water partition coefficient (Wildman–Crippen LogP) is 4.54. The van der Waals surface area contributed by atoms with Gasteiger partial charge in [0.15, 0.2) is 0 Å². The molecule has 0 atom stereocenters. The highest BCUT2D eigenvalue weighted by atomic mass is 35.5. The minimum atomic E-state index is 0.146. The summed E-state index contributed by atoms with van der Waals surface area (Å²) >= 11 is 7.57. The van der Waals surface area contributed by atoms with Crippen molar-refractivity contribution >= 4 is 29.3 Å². The molecule has 0 unspecified atom stereocenters. The summed E-state index contributed by atoms with van der Waals surface area (Å²) in [6.45, 7) is 2.71. The van der Waals surface area contributed by atoms with E-state index in [1.165, 1.54) is 5.56 Å². The lowest BCUT2D eigenvalue weighted by molar-refractivity contribution is -0.127. The molecule has 0 bridgehead atoms. The summed E-state index contributed by atoms with van der Waals surface area (Å²) in [6.07, 6.45) is 0. The lowest BCUT2D eigenvalue weighted by Gasteiger charge is -2.17. The number of rotatable bonds is 6. The van der Waals surface area contributed by atoms with Gasteiger partial charge in [-0.25, -0.2) is 0 Å². The van der Waals surface area contributed by atoms with Crippen LogP contribution in [0.5, 0.6) is 0 Å². The number of halogens is 1. The summed E-state index contributed by atoms with van der Waals surface area (Å²) < 4.78 is 0. The van der Waals surface area contributed by atoms with Crippen LogP contribution in [0.1, 0.15) is 16.7 Å². The Morgan fingerprint density at radius 2 is 1.86 bits per heavy atom. The zero-order valence-electron chi connectivity index (χ0n) is 12.9. The van der Waals surface area contributed by atoms with Crippen LogP contribution in [0.15, 0.2) is 48.5 Å². The van der Waals surface area contributed by atoms with Crippen molar-refractivity contribution in [1.29, 1.82) is 0 Å². The molecule has 2 aromatic rings. The molecule has 1 amide bonds. The lowest BCUT2D eigenvalue weighted by atomic mass is 10.1. The zero-order valence-corrected chi connectivity index (χ0v) is 14.5. The maximum absolute atomic E-state index is 12.2. The third-order valence-electron chi connectivity index (χ3n) is 3.35. The molecule has 116 valence electrons. The Hall–Kier alpha value is -1.45. The number of carbonyl (C=O) groups is 1. The second-order valence-electron chi connectivity index (χ2n) is 5.36. The molecule has 0 saturated carbocycles. The summed E-state index contributed by atoms with van der Waals surface area (Å²) in [6, 6.07) is 16.0. The van der Waals surface area contributed by atoms with Crippen molar-refractivity contribution in [3.05, 3.63) is 70.2 Å². The molecule has 2 aromatic carbocycles. The zero-order chi connectivity index (χ0) is 15.9. The number of hydrogen-bond donors (Lipinski definition) is 0. The predicted molar refractivity (Wildman–Crippen MR) is 95.3 cm³/mol. The second-order valence-corrected chi connectivity index (χ2v) is 6.78. The van der Waals surface area contributed by atoms with Crippen LogP contribution in [-0.4, -0.2) is 23.6 Å². The van der Waals surface area contributed by atoms with Gasteiger partial charge < -0.3 is 4.90 Å². The van der Waals surface area contributed by atoms with Crippen molar-refractivity contribution in [3.63, 3.8) is 0 Å². The first-order chi connectivity index (χ1) is 10.5. The maximum Gasteiger partial charge on any atom is 0.232 e. The molecule has 0 fully saturated rings. The Labute approximate surface area is 141 Å². The second kappa shape index (κ2) is 8.25. The Balaban J connectivity index is 1.77. The van der Waals surface area contributed by atoms with Crippen molar-refractivity contribution in [1.82, 2.24) is 4.90 Å². The summed E-state index contributed by atoms with van der Waals surface area (Å²) in [5.74, 6) is 1.42. The highest BCUT2D eigenvalue weighted by Gasteiger charge is 2.09. The quantitative estimate of drug-likeness (QED) is 0.773. The number of benzene rings is 2. The molecule has 2 rings (SSSR count). The molecular weight excluding hydrogens is 314 g/mol. The van der Waals surface area contributed by atoms with Crippen molar-refractivity contribution in [2.24, 2.45) is 0 Å². The highest BCUT2D eigenvalue weighted by molar-refractivity contribution is 7.99. The SMILES string of the molecule is Cc1ccc(CN(C)C(=O)CSCc2cccc(Cl)c2)cc1. The van der Waals surface area contributed by atoms with E-state index >= 15 is 0 Å². The van der Waals surface area contributed by atoms with Gasteiger partial charge in [0, 0.05) is 24.4 Å². The first kappa shape index (κ1) is 16.9. The number of thioether (sulfide) groups is 1. The molecule has 0 spiro atoms. The van der Waals surface area contributed by atoms with Crippen molar-refractivity contribution in [3.8, 4) is 0 Å². The highest BCUT2D eigenvalue weighted by Crippen LogP contribution is 2.17. The van der Waals surface area contributed by atoms with E-state index in [9.17, 15) is 4.79 Å². The van der Waals surface area contributed by atoms with Gasteiger partial charge in [-0.15, -0.1) is 11.8 Å². The van der Waals surface area contributed by atoms with Gasteiger partial charge >= 0.3 is 0 Å². The van der Waals surface area contributed by atoms with E-state index in [4.69, 9.17) is 11.6 Å². The molecule has 2 nitrogen and oxygen atoms in total. The van der Waals surface area contributed by atoms with Crippen molar-refractivity contribution in [2.45, 2.75) is 19.2 Å². The van der Waals surface area contributed by atoms with Gasteiger partial charge in [0.05, 0.1) is 5.75 Å². The molecule has 22 heavy (non-hydrogen) atoms. The summed E-state index contributed by atoms with van der Waals surface area (Å²) in [5.41, 5.74) is 3.53. The van der Waals surface area contributed by atoms with E-state index in [-0.39, 0.29) is 5.91 Å². The molecule has 4 heteroatoms. The normalized spacial score (nSPS) is 10.5. The van der Waals surface area contributed by atoms with Crippen LogP contribution in [0.4, 0.5) is 0 Å². The lowest BCUT2D eigenvalue weighted by Crippen LogP contribution is -2.27. The first-order valence-corrected chi connectivity index (χ1v) is 8.69. The van der Waals surface area contributed by atoms with E-state index in [1.54, 1.807) is 16.7 Å². The fraction of sp³-hybridized carbons (Fsp3) is 0.278. The van der Waals surface area contributed by atoms with Crippen LogP contribution in [0.25, 0.3) is 0 Å². The number of carbonyl (C=O) groups excluding carboxylic acids is 1. The molecule has 0 aliphatic heterocycles. The van der Waals surface area contributed by atoms with Gasteiger partial charge in [-0.1, -0.05) is 53.6 Å². The van der Waals surface area contributed by atoms with E-state index < -0.39 is 0 Å². The summed E-state index contributed by atoms with van der Waals surface area (Å²) in [4.78, 5) is 13.9. The molecule has 0 N–H and O–H groups in total. The van der Waals surface area contributed by atoms with Crippen LogP contribution < -0.4 is 0 Å². The third-order valence-corrected chi connectivity index (χ3v) is 4.57. The third kappa shape index (κ3) is 5.39. The Morgan fingerprint density at radius 3 is 2.55 bits per heavy atom. The molecule has 0 aromatic heterocycles. The van der Waals surface area contributed by atoms with Gasteiger partial charge in [0.25, 0.3) is 0 Å². The van der Waals surface area contributed by atoms with Crippen LogP contribution in [0.2, 0.25) is 5.02 Å². The Kier molecular flexibility index (Phi) is 6.34. The standard InChI is InChI=1S/C18H20ClNOS/c1-14-6-8-15(9-7-14)11-20(2)18(21)13-22-12-16-4-3-5-17(19)10-16/h3-10H,11-13H2,1-2H3. The number of hydrogen-bond acceptors (Lipinski definition) is 2. The van der Waals surface area contributed by atoms with Crippen LogP contribution in [0.3, 0.4) is 0 Å². The molecular formula is C18H20ClNOS. The number of aryl methyl sites for hydroxylation is 1. The smallest absolute Gasteiger partial charge is 0.232 e. The average molecular weight is 334 g/mol. The monoisotopic (exact) mass is 333 g/mol. The van der Waals surface area contributed by atoms with Gasteiger partial charge in [0.1, 0.15) is 0 Å². The largest absolute Gasteiger partial charge is 0.341 e. The maximum atomic E-state index is 12.2. The van der Waals surface area contributed by atoms with Gasteiger partial charge in [-0.3, -0.25) is 4.79 Å². The van der Waals surface area contributed by atoms with E-state index in [0.29, 0.717) is 12.3 Å². The van der Waals surface area contributed by atoms with E-state index in [1.807, 2.05) is 31.3 Å². The van der Waals surface area contributed by atoms with Gasteiger partial charge in [-0.05, 0) is 30.2 Å². The molecule has 0 aliphatic carbocycles. The minimum absolute atomic E-state index is 0.146. The van der Waals surface area contributed by atoms with Crippen molar-refractivity contribution in [2.75, 3.05) is 12.8 Å². The molecule has 0 saturated heterocycles. The van der Waals surface area contributed by atoms with Crippen molar-refractivity contribution < 1.29 is 4.79 Å². The van der Waals surface area contributed by atoms with Crippen LogP contribution in [-0.2, 0) is 17.1 Å². The number of amides is 1. The Bertz CT molecular complexity index is 627. The van der Waals surface area contributed by atoms with Crippen LogP contribution in [0, 0.1) is 6.92 Å². The fourth-order valence-corrected chi connectivity index (χ4v) is 3.17. The topological polar surface area (TPSA) is 20.3 Å². The van der Waals surface area contributed by atoms with E-state index in [0.717, 1.165) is 21.9 Å². The number of nitrogens with zero attached hydrogens (tertiary/aromatic N) is 1. The van der Waals surface area contributed by atoms with Crippen LogP contribution >= 0.6 is 23.4 Å². The fourth-order valence-electron chi connectivity index (χ4n) is 2.05. The van der Waals surface area contributed by atoms with Gasteiger partial charge in [0.2, 0.25) is 5.91 Å². The van der Waals surface area contributed by atoms with Gasteiger partial charge in [-0.2, -0.15) is 0 Å². The molecule has 0 heterocycles.